The molecule has 6 heteroatoms. The maximum absolute atomic E-state index is 13.5. The van der Waals surface area contributed by atoms with Crippen LogP contribution in [0.3, 0.4) is 0 Å². The van der Waals surface area contributed by atoms with Gasteiger partial charge in [-0.25, -0.2) is 0 Å². The second kappa shape index (κ2) is 7.14. The number of hydrogen-bond acceptors (Lipinski definition) is 5. The number of piperidine rings is 1. The van der Waals surface area contributed by atoms with Crippen LogP contribution in [0.4, 0.5) is 0 Å². The zero-order valence-corrected chi connectivity index (χ0v) is 17.3. The minimum atomic E-state index is -0.776. The van der Waals surface area contributed by atoms with E-state index in [4.69, 9.17) is 4.74 Å². The summed E-state index contributed by atoms with van der Waals surface area (Å²) in [5.74, 6) is -0.0308. The molecule has 0 radical (unpaired) electrons. The van der Waals surface area contributed by atoms with Gasteiger partial charge in [0.05, 0.1) is 17.2 Å². The zero-order chi connectivity index (χ0) is 20.6. The Morgan fingerprint density at radius 1 is 1.29 bits per heavy atom. The molecule has 148 valence electrons. The molecule has 2 heterocycles. The fourth-order valence-electron chi connectivity index (χ4n) is 3.92. The summed E-state index contributed by atoms with van der Waals surface area (Å²) in [6, 6.07) is 7.43. The van der Waals surface area contributed by atoms with Crippen molar-refractivity contribution in [1.82, 2.24) is 4.90 Å². The molecular formula is C22H28N4O2. The number of rotatable bonds is 3. The van der Waals surface area contributed by atoms with Crippen molar-refractivity contribution >= 4 is 5.91 Å². The highest BCUT2D eigenvalue weighted by molar-refractivity contribution is 5.96. The molecule has 0 aromatic heterocycles. The van der Waals surface area contributed by atoms with Crippen molar-refractivity contribution in [3.63, 3.8) is 0 Å². The summed E-state index contributed by atoms with van der Waals surface area (Å²) in [6.45, 7) is 9.57. The summed E-state index contributed by atoms with van der Waals surface area (Å²) in [7, 11) is 1.72. The van der Waals surface area contributed by atoms with Crippen molar-refractivity contribution in [2.75, 3.05) is 20.2 Å². The van der Waals surface area contributed by atoms with Crippen LogP contribution in [0.2, 0.25) is 0 Å². The van der Waals surface area contributed by atoms with E-state index in [0.717, 1.165) is 18.4 Å². The second-order valence-electron chi connectivity index (χ2n) is 8.87. The van der Waals surface area contributed by atoms with Crippen LogP contribution < -0.4 is 0 Å². The van der Waals surface area contributed by atoms with Gasteiger partial charge in [0.1, 0.15) is 5.54 Å². The topological polar surface area (TPSA) is 78.0 Å². The monoisotopic (exact) mass is 380 g/mol. The van der Waals surface area contributed by atoms with Crippen LogP contribution in [0.15, 0.2) is 40.7 Å². The molecule has 1 unspecified atom stereocenters. The third kappa shape index (κ3) is 3.35. The lowest BCUT2D eigenvalue weighted by Crippen LogP contribution is -2.47. The van der Waals surface area contributed by atoms with Crippen LogP contribution in [-0.2, 0) is 10.3 Å². The zero-order valence-electron chi connectivity index (χ0n) is 17.3. The molecule has 6 nitrogen and oxygen atoms in total. The van der Waals surface area contributed by atoms with Crippen LogP contribution in [0.25, 0.3) is 0 Å². The fourth-order valence-corrected chi connectivity index (χ4v) is 3.92. The lowest BCUT2D eigenvalue weighted by Gasteiger charge is -2.40. The minimum Gasteiger partial charge on any atom is -0.378 e. The van der Waals surface area contributed by atoms with Crippen LogP contribution in [-0.4, -0.2) is 36.6 Å². The van der Waals surface area contributed by atoms with Gasteiger partial charge in [0.2, 0.25) is 0 Å². The molecule has 1 amide bonds. The van der Waals surface area contributed by atoms with Gasteiger partial charge in [-0.1, -0.05) is 20.8 Å². The number of benzene rings is 1. The smallest absolute Gasteiger partial charge is 0.254 e. The Kier molecular flexibility index (Phi) is 5.16. The summed E-state index contributed by atoms with van der Waals surface area (Å²) in [4.78, 5) is 15.3. The fraction of sp³-hybridized carbons (Fsp3) is 0.545. The van der Waals surface area contributed by atoms with Gasteiger partial charge in [0, 0.05) is 32.0 Å². The van der Waals surface area contributed by atoms with Gasteiger partial charge in [-0.2, -0.15) is 15.5 Å². The predicted octanol–water partition coefficient (Wildman–Crippen LogP) is 4.42. The lowest BCUT2D eigenvalue weighted by molar-refractivity contribution is -0.0380. The first-order chi connectivity index (χ1) is 13.2. The van der Waals surface area contributed by atoms with E-state index in [9.17, 15) is 10.1 Å². The van der Waals surface area contributed by atoms with Gasteiger partial charge in [-0.3, -0.25) is 4.79 Å². The third-order valence-corrected chi connectivity index (χ3v) is 6.13. The standard InChI is InChI=1S/C22H28N4O2/c1-20(2,3)22(8-11-24-25-22)18-14-16(15-23)6-7-17(18)19(27)26-12-9-21(4,28-5)10-13-26/h6-8,11,14H,9-10,12-13H2,1-5H3. The van der Waals surface area contributed by atoms with E-state index in [1.807, 2.05) is 11.0 Å². The van der Waals surface area contributed by atoms with Crippen molar-refractivity contribution in [2.45, 2.75) is 51.7 Å². The number of carbonyl (C=O) groups excluding carboxylic acids is 1. The van der Waals surface area contributed by atoms with Crippen LogP contribution >= 0.6 is 0 Å². The molecule has 2 aliphatic heterocycles. The first-order valence-electron chi connectivity index (χ1n) is 9.65. The molecule has 2 aliphatic rings. The quantitative estimate of drug-likeness (QED) is 0.779. The van der Waals surface area contributed by atoms with Gasteiger partial charge in [-0.05, 0) is 55.0 Å². The van der Waals surface area contributed by atoms with E-state index < -0.39 is 5.54 Å². The molecule has 1 atom stereocenters. The van der Waals surface area contributed by atoms with Crippen LogP contribution in [0, 0.1) is 16.7 Å². The van der Waals surface area contributed by atoms with E-state index in [0.29, 0.717) is 24.2 Å². The molecule has 0 N–H and O–H groups in total. The predicted molar refractivity (Wildman–Crippen MR) is 107 cm³/mol. The molecule has 0 spiro atoms. The average molecular weight is 380 g/mol. The van der Waals surface area contributed by atoms with Crippen molar-refractivity contribution in [2.24, 2.45) is 15.6 Å². The minimum absolute atomic E-state index is 0.0308. The third-order valence-electron chi connectivity index (χ3n) is 6.13. The second-order valence-corrected chi connectivity index (χ2v) is 8.87. The molecule has 0 saturated carbocycles. The van der Waals surface area contributed by atoms with Crippen molar-refractivity contribution in [1.29, 1.82) is 5.26 Å². The first-order valence-corrected chi connectivity index (χ1v) is 9.65. The Labute approximate surface area is 166 Å². The first kappa shape index (κ1) is 20.2. The van der Waals surface area contributed by atoms with E-state index in [1.54, 1.807) is 31.5 Å². The van der Waals surface area contributed by atoms with Crippen LogP contribution in [0.1, 0.15) is 62.0 Å². The lowest BCUT2D eigenvalue weighted by atomic mass is 9.68. The number of likely N-dealkylation sites (tertiary alicyclic amines) is 1. The molecule has 1 aromatic rings. The summed E-state index contributed by atoms with van der Waals surface area (Å²) < 4.78 is 5.60. The van der Waals surface area contributed by atoms with E-state index >= 15 is 0 Å². The highest BCUT2D eigenvalue weighted by atomic mass is 16.5. The molecular weight excluding hydrogens is 352 g/mol. The van der Waals surface area contributed by atoms with Crippen LogP contribution in [0.5, 0.6) is 0 Å². The summed E-state index contributed by atoms with van der Waals surface area (Å²) >= 11 is 0. The van der Waals surface area contributed by atoms with Gasteiger partial charge in [0.25, 0.3) is 5.91 Å². The number of azo groups is 1. The van der Waals surface area contributed by atoms with E-state index in [2.05, 4.69) is 44.0 Å². The SMILES string of the molecule is COC1(C)CCN(C(=O)c2ccc(C#N)cc2C2(C(C)(C)C)C=CN=N2)CC1. The Bertz CT molecular complexity index is 854. The average Bonchev–Trinajstić information content (AvgIpc) is 3.19. The van der Waals surface area contributed by atoms with Crippen molar-refractivity contribution in [3.8, 4) is 6.07 Å². The number of nitriles is 1. The van der Waals surface area contributed by atoms with Gasteiger partial charge in [-0.15, -0.1) is 0 Å². The van der Waals surface area contributed by atoms with Gasteiger partial charge in [0.15, 0.2) is 0 Å². The highest BCUT2D eigenvalue weighted by Gasteiger charge is 2.46. The number of hydrogen-bond donors (Lipinski definition) is 0. The molecule has 0 aliphatic carbocycles. The van der Waals surface area contributed by atoms with Gasteiger partial charge >= 0.3 is 0 Å². The Morgan fingerprint density at radius 3 is 2.46 bits per heavy atom. The Hall–Kier alpha value is -2.52. The normalized spacial score (nSPS) is 23.6. The maximum atomic E-state index is 13.5. The Morgan fingerprint density at radius 2 is 1.96 bits per heavy atom. The van der Waals surface area contributed by atoms with E-state index in [-0.39, 0.29) is 16.9 Å². The number of carbonyl (C=O) groups is 1. The number of nitrogens with zero attached hydrogens (tertiary/aromatic N) is 4. The summed E-state index contributed by atoms with van der Waals surface area (Å²) in [6.07, 6.45) is 5.19. The molecule has 1 fully saturated rings. The highest BCUT2D eigenvalue weighted by Crippen LogP contribution is 2.48. The number of methoxy groups -OCH3 is 1. The Balaban J connectivity index is 2.04. The van der Waals surface area contributed by atoms with Gasteiger partial charge < -0.3 is 9.64 Å². The molecule has 0 bridgehead atoms. The maximum Gasteiger partial charge on any atom is 0.254 e. The molecule has 28 heavy (non-hydrogen) atoms. The summed E-state index contributed by atoms with van der Waals surface area (Å²) in [5.41, 5.74) is 0.558. The molecule has 3 rings (SSSR count). The van der Waals surface area contributed by atoms with Crippen molar-refractivity contribution in [3.05, 3.63) is 47.2 Å². The summed E-state index contributed by atoms with van der Waals surface area (Å²) in [5, 5.41) is 18.0. The number of ether oxygens (including phenoxy) is 1. The van der Waals surface area contributed by atoms with E-state index in [1.165, 1.54) is 0 Å². The molecule has 1 saturated heterocycles. The van der Waals surface area contributed by atoms with Crippen molar-refractivity contribution < 1.29 is 9.53 Å². The molecule has 1 aromatic carbocycles. The number of amides is 1. The largest absolute Gasteiger partial charge is 0.378 e.